The molecule has 0 radical (unpaired) electrons. The standard InChI is InChI=1S/C32H40N2O4/c1-23(35)38-30-9-5-7-26(19-30)32-16-17-34(21-25-10-11-25)22-27(32)13-14-28(20-32)33(2)31(36)15-12-24-6-4-8-29(18-24)37-3/h4-9,12,15,18-19,25,27-28H,10-11,13-14,16-17,20-22H2,1-3H3/t27-,28+,32+/m1/s1. The molecule has 2 aromatic rings. The zero-order chi connectivity index (χ0) is 26.7. The number of nitrogens with zero attached hydrogens (tertiary/aromatic N) is 2. The van der Waals surface area contributed by atoms with Crippen molar-refractivity contribution < 1.29 is 19.1 Å². The monoisotopic (exact) mass is 516 g/mol. The molecule has 1 aliphatic heterocycles. The highest BCUT2D eigenvalue weighted by Crippen LogP contribution is 2.51. The fourth-order valence-electron chi connectivity index (χ4n) is 6.60. The van der Waals surface area contributed by atoms with Gasteiger partial charge in [0.1, 0.15) is 11.5 Å². The smallest absolute Gasteiger partial charge is 0.308 e. The van der Waals surface area contributed by atoms with Gasteiger partial charge in [-0.1, -0.05) is 24.3 Å². The lowest BCUT2D eigenvalue weighted by molar-refractivity contribution is -0.132. The number of hydrogen-bond acceptors (Lipinski definition) is 5. The van der Waals surface area contributed by atoms with E-state index in [4.69, 9.17) is 9.47 Å². The van der Waals surface area contributed by atoms with Gasteiger partial charge in [-0.05, 0) is 98.4 Å². The third-order valence-electron chi connectivity index (χ3n) is 8.87. The summed E-state index contributed by atoms with van der Waals surface area (Å²) in [6.07, 6.45) is 10.3. The van der Waals surface area contributed by atoms with Gasteiger partial charge < -0.3 is 19.3 Å². The highest BCUT2D eigenvalue weighted by Gasteiger charge is 2.49. The number of piperidine rings is 1. The summed E-state index contributed by atoms with van der Waals surface area (Å²) in [4.78, 5) is 29.5. The summed E-state index contributed by atoms with van der Waals surface area (Å²) in [5, 5.41) is 0. The maximum Gasteiger partial charge on any atom is 0.308 e. The van der Waals surface area contributed by atoms with Crippen molar-refractivity contribution in [1.82, 2.24) is 9.80 Å². The Morgan fingerprint density at radius 1 is 1.08 bits per heavy atom. The molecule has 1 heterocycles. The van der Waals surface area contributed by atoms with Crippen molar-refractivity contribution in [2.24, 2.45) is 11.8 Å². The molecule has 0 spiro atoms. The second kappa shape index (κ2) is 11.3. The molecule has 5 rings (SSSR count). The van der Waals surface area contributed by atoms with Gasteiger partial charge in [-0.3, -0.25) is 9.59 Å². The van der Waals surface area contributed by atoms with Crippen molar-refractivity contribution in [1.29, 1.82) is 0 Å². The van der Waals surface area contributed by atoms with E-state index in [1.54, 1.807) is 13.2 Å². The lowest BCUT2D eigenvalue weighted by Crippen LogP contribution is -2.56. The van der Waals surface area contributed by atoms with Crippen LogP contribution in [0, 0.1) is 11.8 Å². The van der Waals surface area contributed by atoms with Crippen LogP contribution in [0.3, 0.4) is 0 Å². The number of amides is 1. The number of carbonyl (C=O) groups is 2. The molecule has 3 aliphatic rings. The van der Waals surface area contributed by atoms with Crippen molar-refractivity contribution in [3.63, 3.8) is 0 Å². The normalized spacial score (nSPS) is 25.6. The number of likely N-dealkylation sites (N-methyl/N-ethyl adjacent to an activating group) is 1. The molecule has 0 aromatic heterocycles. The Labute approximate surface area is 226 Å². The minimum absolute atomic E-state index is 0.0197. The second-order valence-corrected chi connectivity index (χ2v) is 11.4. The van der Waals surface area contributed by atoms with Gasteiger partial charge in [-0.15, -0.1) is 0 Å². The number of benzene rings is 2. The lowest BCUT2D eigenvalue weighted by atomic mass is 9.57. The fraction of sp³-hybridized carbons (Fsp3) is 0.500. The molecule has 6 nitrogen and oxygen atoms in total. The van der Waals surface area contributed by atoms with Crippen LogP contribution < -0.4 is 9.47 Å². The van der Waals surface area contributed by atoms with Gasteiger partial charge >= 0.3 is 5.97 Å². The van der Waals surface area contributed by atoms with Gasteiger partial charge in [0, 0.05) is 44.6 Å². The number of fused-ring (bicyclic) bond motifs is 1. The highest BCUT2D eigenvalue weighted by molar-refractivity contribution is 5.91. The molecule has 1 saturated heterocycles. The summed E-state index contributed by atoms with van der Waals surface area (Å²) in [6.45, 7) is 4.84. The van der Waals surface area contributed by atoms with E-state index in [1.807, 2.05) is 54.4 Å². The predicted molar refractivity (Wildman–Crippen MR) is 149 cm³/mol. The van der Waals surface area contributed by atoms with E-state index < -0.39 is 0 Å². The number of esters is 1. The molecule has 2 aromatic carbocycles. The first-order valence-electron chi connectivity index (χ1n) is 14.0. The molecule has 3 atom stereocenters. The van der Waals surface area contributed by atoms with Crippen molar-refractivity contribution in [3.05, 3.63) is 65.7 Å². The molecule has 1 amide bonds. The van der Waals surface area contributed by atoms with Crippen LogP contribution in [0.5, 0.6) is 11.5 Å². The lowest BCUT2D eigenvalue weighted by Gasteiger charge is -2.54. The van der Waals surface area contributed by atoms with E-state index in [9.17, 15) is 9.59 Å². The third kappa shape index (κ3) is 5.96. The molecule has 3 fully saturated rings. The van der Waals surface area contributed by atoms with E-state index in [0.29, 0.717) is 11.7 Å². The number of carbonyl (C=O) groups excluding carboxylic acids is 2. The van der Waals surface area contributed by atoms with Gasteiger partial charge in [-0.25, -0.2) is 0 Å². The number of rotatable bonds is 8. The molecule has 6 heteroatoms. The summed E-state index contributed by atoms with van der Waals surface area (Å²) in [5.74, 6) is 2.51. The topological polar surface area (TPSA) is 59.1 Å². The number of methoxy groups -OCH3 is 1. The van der Waals surface area contributed by atoms with Crippen LogP contribution >= 0.6 is 0 Å². The molecular formula is C32H40N2O4. The Balaban J connectivity index is 1.36. The Kier molecular flexibility index (Phi) is 7.89. The summed E-state index contributed by atoms with van der Waals surface area (Å²) >= 11 is 0. The predicted octanol–water partition coefficient (Wildman–Crippen LogP) is 5.31. The van der Waals surface area contributed by atoms with E-state index in [-0.39, 0.29) is 23.3 Å². The van der Waals surface area contributed by atoms with Crippen molar-refractivity contribution in [2.45, 2.75) is 56.9 Å². The first-order valence-corrected chi connectivity index (χ1v) is 14.0. The zero-order valence-electron chi connectivity index (χ0n) is 22.9. The van der Waals surface area contributed by atoms with Crippen LogP contribution in [-0.2, 0) is 15.0 Å². The summed E-state index contributed by atoms with van der Waals surface area (Å²) in [5.41, 5.74) is 2.14. The minimum Gasteiger partial charge on any atom is -0.497 e. The average Bonchev–Trinajstić information content (AvgIpc) is 3.75. The Morgan fingerprint density at radius 3 is 2.63 bits per heavy atom. The van der Waals surface area contributed by atoms with Crippen molar-refractivity contribution in [2.75, 3.05) is 33.8 Å². The maximum absolute atomic E-state index is 13.3. The largest absolute Gasteiger partial charge is 0.497 e. The maximum atomic E-state index is 13.3. The van der Waals surface area contributed by atoms with Gasteiger partial charge in [0.15, 0.2) is 0 Å². The van der Waals surface area contributed by atoms with E-state index in [2.05, 4.69) is 17.0 Å². The quantitative estimate of drug-likeness (QED) is 0.270. The van der Waals surface area contributed by atoms with Crippen molar-refractivity contribution >= 4 is 18.0 Å². The summed E-state index contributed by atoms with van der Waals surface area (Å²) in [7, 11) is 3.58. The first-order chi connectivity index (χ1) is 18.4. The third-order valence-corrected chi connectivity index (χ3v) is 8.87. The molecule has 2 aliphatic carbocycles. The molecule has 2 saturated carbocycles. The Bertz CT molecular complexity index is 1190. The van der Waals surface area contributed by atoms with Gasteiger partial charge in [-0.2, -0.15) is 0 Å². The molecular weight excluding hydrogens is 476 g/mol. The number of likely N-dealkylation sites (tertiary alicyclic amines) is 1. The van der Waals surface area contributed by atoms with Crippen LogP contribution in [0.15, 0.2) is 54.6 Å². The molecule has 0 N–H and O–H groups in total. The fourth-order valence-corrected chi connectivity index (χ4v) is 6.60. The molecule has 38 heavy (non-hydrogen) atoms. The summed E-state index contributed by atoms with van der Waals surface area (Å²) in [6, 6.07) is 16.0. The SMILES string of the molecule is COc1cccc(C=CC(=O)N(C)[C@H]2CC[C@@H]3CN(CC4CC4)CC[C@@]3(c3cccc(OC(C)=O)c3)C2)c1. The van der Waals surface area contributed by atoms with Crippen molar-refractivity contribution in [3.8, 4) is 11.5 Å². The Hall–Kier alpha value is -3.12. The zero-order valence-corrected chi connectivity index (χ0v) is 22.9. The molecule has 202 valence electrons. The van der Waals surface area contributed by atoms with E-state index in [0.717, 1.165) is 56.0 Å². The average molecular weight is 517 g/mol. The van der Waals surface area contributed by atoms with Crippen LogP contribution in [0.25, 0.3) is 6.08 Å². The van der Waals surface area contributed by atoms with Gasteiger partial charge in [0.05, 0.1) is 7.11 Å². The van der Waals surface area contributed by atoms with E-state index >= 15 is 0 Å². The molecule has 0 unspecified atom stereocenters. The first kappa shape index (κ1) is 26.5. The van der Waals surface area contributed by atoms with Gasteiger partial charge in [0.25, 0.3) is 0 Å². The number of ether oxygens (including phenoxy) is 2. The number of hydrogen-bond donors (Lipinski definition) is 0. The van der Waals surface area contributed by atoms with Crippen LogP contribution in [0.2, 0.25) is 0 Å². The minimum atomic E-state index is -0.301. The van der Waals surface area contributed by atoms with Gasteiger partial charge in [0.2, 0.25) is 5.91 Å². The van der Waals surface area contributed by atoms with Crippen LogP contribution in [0.4, 0.5) is 0 Å². The van der Waals surface area contributed by atoms with E-state index in [1.165, 1.54) is 31.9 Å². The van der Waals surface area contributed by atoms with Crippen LogP contribution in [0.1, 0.15) is 56.6 Å². The highest BCUT2D eigenvalue weighted by atomic mass is 16.5. The second-order valence-electron chi connectivity index (χ2n) is 11.4. The summed E-state index contributed by atoms with van der Waals surface area (Å²) < 4.78 is 10.8. The van der Waals surface area contributed by atoms with Crippen LogP contribution in [-0.4, -0.2) is 61.5 Å². The molecule has 0 bridgehead atoms. The Morgan fingerprint density at radius 2 is 1.87 bits per heavy atom.